The van der Waals surface area contributed by atoms with Gasteiger partial charge < -0.3 is 4.42 Å². The lowest BCUT2D eigenvalue weighted by Crippen LogP contribution is -1.77. The van der Waals surface area contributed by atoms with Crippen LogP contribution in [0.3, 0.4) is 0 Å². The van der Waals surface area contributed by atoms with E-state index >= 15 is 0 Å². The van der Waals surface area contributed by atoms with Gasteiger partial charge in [0.2, 0.25) is 0 Å². The smallest absolute Gasteiger partial charge is 0.180 e. The van der Waals surface area contributed by atoms with Gasteiger partial charge in [-0.1, -0.05) is 24.3 Å². The van der Waals surface area contributed by atoms with Gasteiger partial charge in [0.15, 0.2) is 6.39 Å². The summed E-state index contributed by atoms with van der Waals surface area (Å²) in [7, 11) is 0. The molecule has 0 unspecified atom stereocenters. The van der Waals surface area contributed by atoms with E-state index in [1.807, 2.05) is 0 Å². The number of aryl methyl sites for hydroxylation is 2. The zero-order valence-electron chi connectivity index (χ0n) is 8.02. The van der Waals surface area contributed by atoms with Crippen molar-refractivity contribution in [1.29, 1.82) is 0 Å². The average Bonchev–Trinajstić information content (AvgIpc) is 2.92. The molecule has 1 heterocycles. The summed E-state index contributed by atoms with van der Waals surface area (Å²) in [5.74, 6) is 0. The van der Waals surface area contributed by atoms with Crippen LogP contribution in [0.25, 0.3) is 0 Å². The molecule has 0 bridgehead atoms. The van der Waals surface area contributed by atoms with Crippen molar-refractivity contribution in [2.45, 2.75) is 19.3 Å². The summed E-state index contributed by atoms with van der Waals surface area (Å²) >= 11 is 0. The quantitative estimate of drug-likeness (QED) is 0.633. The highest BCUT2D eigenvalue weighted by Gasteiger charge is 2.07. The first-order valence-corrected chi connectivity index (χ1v) is 4.86. The molecule has 0 spiro atoms. The Hall–Kier alpha value is -1.57. The third-order valence-corrected chi connectivity index (χ3v) is 2.36. The molecule has 0 aliphatic heterocycles. The molecule has 0 saturated heterocycles. The van der Waals surface area contributed by atoms with Crippen molar-refractivity contribution >= 4 is 0 Å². The maximum atomic E-state index is 4.47. The molecule has 0 amide bonds. The molecule has 14 heavy (non-hydrogen) atoms. The summed E-state index contributed by atoms with van der Waals surface area (Å²) in [6.07, 6.45) is 8.44. The van der Waals surface area contributed by atoms with Crippen molar-refractivity contribution < 1.29 is 4.42 Å². The topological polar surface area (TPSA) is 26.0 Å². The van der Waals surface area contributed by atoms with Crippen molar-refractivity contribution in [3.05, 3.63) is 54.2 Å². The number of fused-ring (bicyclic) bond motifs is 1. The van der Waals surface area contributed by atoms with E-state index in [0.717, 1.165) is 0 Å². The van der Waals surface area contributed by atoms with Gasteiger partial charge in [0.1, 0.15) is 6.26 Å². The number of benzene rings is 1. The lowest BCUT2D eigenvalue weighted by atomic mass is 10.1. The molecule has 2 nitrogen and oxygen atoms in total. The number of rotatable bonds is 0. The zero-order chi connectivity index (χ0) is 9.64. The summed E-state index contributed by atoms with van der Waals surface area (Å²) in [5, 5.41) is 0. The molecule has 1 aliphatic carbocycles. The summed E-state index contributed by atoms with van der Waals surface area (Å²) in [4.78, 5) is 3.56. The van der Waals surface area contributed by atoms with Crippen molar-refractivity contribution in [2.24, 2.45) is 0 Å². The Kier molecular flexibility index (Phi) is 2.96. The molecule has 1 aliphatic rings. The molecular weight excluding hydrogens is 174 g/mol. The molecule has 1 aromatic carbocycles. The standard InChI is InChI=1S/C9H10.C3H3NO/c1-2-5-9-7-3-6-8(9)4-1;1-2-5-3-4-1/h1-2,4-5H,3,6-7H2;1-3H. The minimum atomic E-state index is 1.30. The molecule has 0 radical (unpaired) electrons. The normalized spacial score (nSPS) is 12.9. The highest BCUT2D eigenvalue weighted by Crippen LogP contribution is 2.20. The maximum absolute atomic E-state index is 4.47. The number of nitrogens with zero attached hydrogens (tertiary/aromatic N) is 1. The molecule has 72 valence electrons. The molecular formula is C12H13NO. The van der Waals surface area contributed by atoms with Crippen molar-refractivity contribution in [2.75, 3.05) is 0 Å². The Morgan fingerprint density at radius 2 is 1.79 bits per heavy atom. The largest absolute Gasteiger partial charge is 0.452 e. The Morgan fingerprint density at radius 1 is 1.07 bits per heavy atom. The molecule has 0 saturated carbocycles. The van der Waals surface area contributed by atoms with E-state index in [0.29, 0.717) is 0 Å². The van der Waals surface area contributed by atoms with Crippen molar-refractivity contribution in [3.8, 4) is 0 Å². The van der Waals surface area contributed by atoms with Crippen LogP contribution in [0.2, 0.25) is 0 Å². The Balaban J connectivity index is 0.000000128. The summed E-state index contributed by atoms with van der Waals surface area (Å²) in [5.41, 5.74) is 3.13. The Bertz CT molecular complexity index is 327. The van der Waals surface area contributed by atoms with E-state index in [1.165, 1.54) is 31.9 Å². The van der Waals surface area contributed by atoms with E-state index in [4.69, 9.17) is 0 Å². The Labute approximate surface area is 83.6 Å². The minimum absolute atomic E-state index is 1.30. The van der Waals surface area contributed by atoms with Crippen LogP contribution in [0.15, 0.2) is 47.5 Å². The van der Waals surface area contributed by atoms with Gasteiger partial charge in [-0.2, -0.15) is 0 Å². The highest BCUT2D eigenvalue weighted by molar-refractivity contribution is 5.30. The molecule has 2 heteroatoms. The molecule has 1 aromatic heterocycles. The molecule has 0 N–H and O–H groups in total. The fraction of sp³-hybridized carbons (Fsp3) is 0.250. The van der Waals surface area contributed by atoms with Gasteiger partial charge in [0.25, 0.3) is 0 Å². The third-order valence-electron chi connectivity index (χ3n) is 2.36. The van der Waals surface area contributed by atoms with E-state index < -0.39 is 0 Å². The van der Waals surface area contributed by atoms with E-state index in [2.05, 4.69) is 33.7 Å². The lowest BCUT2D eigenvalue weighted by molar-refractivity contribution is 0.558. The first-order valence-electron chi connectivity index (χ1n) is 4.86. The number of hydrogen-bond donors (Lipinski definition) is 0. The van der Waals surface area contributed by atoms with Crippen LogP contribution in [-0.2, 0) is 12.8 Å². The van der Waals surface area contributed by atoms with Crippen molar-refractivity contribution in [3.63, 3.8) is 0 Å². The van der Waals surface area contributed by atoms with Gasteiger partial charge in [-0.15, -0.1) is 0 Å². The van der Waals surface area contributed by atoms with Crippen LogP contribution in [0.4, 0.5) is 0 Å². The number of aromatic nitrogens is 1. The number of hydrogen-bond acceptors (Lipinski definition) is 2. The van der Waals surface area contributed by atoms with Gasteiger partial charge >= 0.3 is 0 Å². The SMILES string of the molecule is c1ccc2c(c1)CCC2.c1cocn1. The number of oxazole rings is 1. The molecule has 0 fully saturated rings. The van der Waals surface area contributed by atoms with Gasteiger partial charge in [0.05, 0.1) is 6.20 Å². The predicted octanol–water partition coefficient (Wildman–Crippen LogP) is 2.85. The second-order valence-electron chi connectivity index (χ2n) is 3.30. The van der Waals surface area contributed by atoms with E-state index in [1.54, 1.807) is 17.3 Å². The molecule has 0 atom stereocenters. The van der Waals surface area contributed by atoms with Gasteiger partial charge in [-0.05, 0) is 30.4 Å². The first kappa shape index (κ1) is 9.00. The maximum Gasteiger partial charge on any atom is 0.180 e. The first-order chi connectivity index (χ1) is 6.97. The van der Waals surface area contributed by atoms with Gasteiger partial charge in [-0.25, -0.2) is 4.98 Å². The van der Waals surface area contributed by atoms with Crippen LogP contribution in [0, 0.1) is 0 Å². The zero-order valence-corrected chi connectivity index (χ0v) is 8.02. The third kappa shape index (κ3) is 2.22. The van der Waals surface area contributed by atoms with Crippen molar-refractivity contribution in [1.82, 2.24) is 4.98 Å². The summed E-state index contributed by atoms with van der Waals surface area (Å²) in [6.45, 7) is 0. The van der Waals surface area contributed by atoms with Crippen LogP contribution < -0.4 is 0 Å². The second kappa shape index (κ2) is 4.61. The average molecular weight is 187 g/mol. The van der Waals surface area contributed by atoms with Gasteiger partial charge in [-0.3, -0.25) is 0 Å². The minimum Gasteiger partial charge on any atom is -0.452 e. The van der Waals surface area contributed by atoms with Gasteiger partial charge in [0, 0.05) is 0 Å². The van der Waals surface area contributed by atoms with E-state index in [-0.39, 0.29) is 0 Å². The summed E-state index contributed by atoms with van der Waals surface area (Å²) in [6, 6.07) is 8.74. The molecule has 3 rings (SSSR count). The Morgan fingerprint density at radius 3 is 2.21 bits per heavy atom. The van der Waals surface area contributed by atoms with Crippen LogP contribution >= 0.6 is 0 Å². The van der Waals surface area contributed by atoms with E-state index in [9.17, 15) is 0 Å². The fourth-order valence-corrected chi connectivity index (χ4v) is 1.69. The monoisotopic (exact) mass is 187 g/mol. The van der Waals surface area contributed by atoms with Crippen LogP contribution in [-0.4, -0.2) is 4.98 Å². The lowest BCUT2D eigenvalue weighted by Gasteiger charge is -1.93. The molecule has 2 aromatic rings. The predicted molar refractivity (Wildman–Crippen MR) is 55.0 cm³/mol. The second-order valence-corrected chi connectivity index (χ2v) is 3.30. The van der Waals surface area contributed by atoms with Crippen LogP contribution in [0.5, 0.6) is 0 Å². The van der Waals surface area contributed by atoms with Crippen LogP contribution in [0.1, 0.15) is 17.5 Å². The fourth-order valence-electron chi connectivity index (χ4n) is 1.69. The highest BCUT2D eigenvalue weighted by atomic mass is 16.3. The summed E-state index contributed by atoms with van der Waals surface area (Å²) < 4.78 is 4.47.